The number of rotatable bonds is 4. The van der Waals surface area contributed by atoms with Gasteiger partial charge in [0.2, 0.25) is 15.9 Å². The molecule has 2 fully saturated rings. The van der Waals surface area contributed by atoms with E-state index in [2.05, 4.69) is 0 Å². The van der Waals surface area contributed by atoms with E-state index in [0.717, 1.165) is 5.56 Å². The first kappa shape index (κ1) is 17.4. The number of ether oxygens (including phenoxy) is 1. The summed E-state index contributed by atoms with van der Waals surface area (Å²) in [6.45, 7) is 3.39. The fourth-order valence-corrected chi connectivity index (χ4v) is 5.15. The minimum Gasteiger partial charge on any atom is -0.377 e. The standard InChI is InChI=1S/C17H24N2O4S/c1-12-2-4-14(5-3-12)24(21,22)19-9-6-13(7-10-19)16-15(17(18)20)8-11-23-16/h2-5,13,15-16H,6-11H2,1H3,(H2,18,20)/t15-,16+/m0/s1. The summed E-state index contributed by atoms with van der Waals surface area (Å²) in [5.74, 6) is -0.364. The van der Waals surface area contributed by atoms with Crippen molar-refractivity contribution >= 4 is 15.9 Å². The molecule has 0 aromatic heterocycles. The predicted octanol–water partition coefficient (Wildman–Crippen LogP) is 1.29. The highest BCUT2D eigenvalue weighted by Gasteiger charge is 2.40. The highest BCUT2D eigenvalue weighted by atomic mass is 32.2. The number of carbonyl (C=O) groups is 1. The number of aryl methyl sites for hydroxylation is 1. The van der Waals surface area contributed by atoms with Gasteiger partial charge in [-0.25, -0.2) is 8.42 Å². The molecule has 7 heteroatoms. The van der Waals surface area contributed by atoms with E-state index < -0.39 is 10.0 Å². The van der Waals surface area contributed by atoms with Crippen LogP contribution in [0.25, 0.3) is 0 Å². The number of hydrogen-bond donors (Lipinski definition) is 1. The topological polar surface area (TPSA) is 89.7 Å². The summed E-state index contributed by atoms with van der Waals surface area (Å²) in [4.78, 5) is 11.9. The zero-order chi connectivity index (χ0) is 17.3. The molecular formula is C17H24N2O4S. The first-order valence-electron chi connectivity index (χ1n) is 8.37. The number of carbonyl (C=O) groups excluding carboxylic acids is 1. The maximum atomic E-state index is 12.7. The van der Waals surface area contributed by atoms with Gasteiger partial charge in [0.05, 0.1) is 16.9 Å². The Balaban J connectivity index is 1.66. The fourth-order valence-electron chi connectivity index (χ4n) is 3.68. The minimum atomic E-state index is -3.45. The zero-order valence-corrected chi connectivity index (χ0v) is 14.7. The summed E-state index contributed by atoms with van der Waals surface area (Å²) in [6.07, 6.45) is 1.90. The van der Waals surface area contributed by atoms with Crippen LogP contribution in [0, 0.1) is 18.8 Å². The van der Waals surface area contributed by atoms with Crippen LogP contribution in [0.2, 0.25) is 0 Å². The van der Waals surface area contributed by atoms with Crippen LogP contribution >= 0.6 is 0 Å². The quantitative estimate of drug-likeness (QED) is 0.884. The van der Waals surface area contributed by atoms with Crippen LogP contribution in [0.15, 0.2) is 29.2 Å². The average Bonchev–Trinajstić information content (AvgIpc) is 3.05. The Labute approximate surface area is 143 Å². The van der Waals surface area contributed by atoms with Crippen molar-refractivity contribution in [2.75, 3.05) is 19.7 Å². The van der Waals surface area contributed by atoms with Crippen molar-refractivity contribution in [3.63, 3.8) is 0 Å². The molecule has 3 rings (SSSR count). The molecule has 0 unspecified atom stereocenters. The molecule has 24 heavy (non-hydrogen) atoms. The van der Waals surface area contributed by atoms with Crippen molar-refractivity contribution in [3.8, 4) is 0 Å². The number of hydrogen-bond acceptors (Lipinski definition) is 4. The molecule has 2 aliphatic rings. The molecule has 2 atom stereocenters. The molecule has 1 amide bonds. The summed E-state index contributed by atoms with van der Waals surface area (Å²) < 4.78 is 32.7. The van der Waals surface area contributed by atoms with Gasteiger partial charge in [-0.2, -0.15) is 4.31 Å². The number of benzene rings is 1. The van der Waals surface area contributed by atoms with E-state index in [4.69, 9.17) is 10.5 Å². The first-order valence-corrected chi connectivity index (χ1v) is 9.81. The largest absolute Gasteiger partial charge is 0.377 e. The molecule has 0 saturated carbocycles. The van der Waals surface area contributed by atoms with Crippen LogP contribution in [0.1, 0.15) is 24.8 Å². The van der Waals surface area contributed by atoms with Gasteiger partial charge in [-0.05, 0) is 44.2 Å². The average molecular weight is 352 g/mol. The Hall–Kier alpha value is -1.44. The number of piperidine rings is 1. The van der Waals surface area contributed by atoms with Gasteiger partial charge in [-0.15, -0.1) is 0 Å². The van der Waals surface area contributed by atoms with Crippen molar-refractivity contribution < 1.29 is 17.9 Å². The third-order valence-corrected chi connectivity index (χ3v) is 7.04. The molecule has 0 radical (unpaired) electrons. The monoisotopic (exact) mass is 352 g/mol. The highest BCUT2D eigenvalue weighted by molar-refractivity contribution is 7.89. The third-order valence-electron chi connectivity index (χ3n) is 5.12. The number of nitrogens with two attached hydrogens (primary N) is 1. The van der Waals surface area contributed by atoms with Gasteiger partial charge in [0, 0.05) is 19.7 Å². The van der Waals surface area contributed by atoms with Gasteiger partial charge in [0.25, 0.3) is 0 Å². The summed E-state index contributed by atoms with van der Waals surface area (Å²) >= 11 is 0. The molecule has 2 N–H and O–H groups in total. The minimum absolute atomic E-state index is 0.160. The highest BCUT2D eigenvalue weighted by Crippen LogP contribution is 2.34. The Morgan fingerprint density at radius 3 is 2.38 bits per heavy atom. The maximum absolute atomic E-state index is 12.7. The molecule has 1 aromatic carbocycles. The van der Waals surface area contributed by atoms with Gasteiger partial charge in [-0.1, -0.05) is 17.7 Å². The molecule has 2 saturated heterocycles. The van der Waals surface area contributed by atoms with Crippen molar-refractivity contribution in [1.82, 2.24) is 4.31 Å². The molecule has 2 aliphatic heterocycles. The van der Waals surface area contributed by atoms with Crippen molar-refractivity contribution in [1.29, 1.82) is 0 Å². The second-order valence-electron chi connectivity index (χ2n) is 6.69. The summed E-state index contributed by atoms with van der Waals surface area (Å²) in [5, 5.41) is 0. The second kappa shape index (κ2) is 6.82. The van der Waals surface area contributed by atoms with Crippen LogP contribution < -0.4 is 5.73 Å². The van der Waals surface area contributed by atoms with Crippen LogP contribution in [0.3, 0.4) is 0 Å². The van der Waals surface area contributed by atoms with Gasteiger partial charge < -0.3 is 10.5 Å². The van der Waals surface area contributed by atoms with Gasteiger partial charge in [0.1, 0.15) is 0 Å². The third kappa shape index (κ3) is 3.34. The summed E-state index contributed by atoms with van der Waals surface area (Å²) in [7, 11) is -3.45. The summed E-state index contributed by atoms with van der Waals surface area (Å²) in [6, 6.07) is 6.92. The van der Waals surface area contributed by atoms with E-state index in [1.165, 1.54) is 4.31 Å². The van der Waals surface area contributed by atoms with Gasteiger partial charge in [-0.3, -0.25) is 4.79 Å². The van der Waals surface area contributed by atoms with Crippen molar-refractivity contribution in [2.45, 2.75) is 37.2 Å². The molecular weight excluding hydrogens is 328 g/mol. The van der Waals surface area contributed by atoms with E-state index in [-0.39, 0.29) is 23.8 Å². The maximum Gasteiger partial charge on any atom is 0.243 e. The molecule has 0 spiro atoms. The molecule has 0 aliphatic carbocycles. The molecule has 132 valence electrons. The Kier molecular flexibility index (Phi) is 4.94. The number of primary amides is 1. The molecule has 1 aromatic rings. The molecule has 0 bridgehead atoms. The van der Waals surface area contributed by atoms with Crippen LogP contribution in [-0.4, -0.2) is 44.4 Å². The van der Waals surface area contributed by atoms with E-state index in [1.54, 1.807) is 12.1 Å². The first-order chi connectivity index (χ1) is 11.4. The van der Waals surface area contributed by atoms with Crippen LogP contribution in [0.5, 0.6) is 0 Å². The summed E-state index contributed by atoms with van der Waals surface area (Å²) in [5.41, 5.74) is 6.49. The molecule has 6 nitrogen and oxygen atoms in total. The second-order valence-corrected chi connectivity index (χ2v) is 8.63. The lowest BCUT2D eigenvalue weighted by Gasteiger charge is -2.35. The lowest BCUT2D eigenvalue weighted by Crippen LogP contribution is -2.44. The van der Waals surface area contributed by atoms with Crippen molar-refractivity contribution in [3.05, 3.63) is 29.8 Å². The predicted molar refractivity (Wildman–Crippen MR) is 89.7 cm³/mol. The van der Waals surface area contributed by atoms with Crippen molar-refractivity contribution in [2.24, 2.45) is 17.6 Å². The van der Waals surface area contributed by atoms with Gasteiger partial charge >= 0.3 is 0 Å². The van der Waals surface area contributed by atoms with E-state index in [9.17, 15) is 13.2 Å². The Morgan fingerprint density at radius 1 is 1.17 bits per heavy atom. The van der Waals surface area contributed by atoms with E-state index in [0.29, 0.717) is 43.9 Å². The lowest BCUT2D eigenvalue weighted by molar-refractivity contribution is -0.124. The number of sulfonamides is 1. The SMILES string of the molecule is Cc1ccc(S(=O)(=O)N2CCC([C@H]3OCC[C@@H]3C(N)=O)CC2)cc1. The molecule has 2 heterocycles. The fraction of sp³-hybridized carbons (Fsp3) is 0.588. The lowest BCUT2D eigenvalue weighted by atomic mass is 9.84. The van der Waals surface area contributed by atoms with Crippen LogP contribution in [-0.2, 0) is 19.6 Å². The zero-order valence-electron chi connectivity index (χ0n) is 13.8. The Morgan fingerprint density at radius 2 is 1.79 bits per heavy atom. The van der Waals surface area contributed by atoms with Gasteiger partial charge in [0.15, 0.2) is 0 Å². The van der Waals surface area contributed by atoms with E-state index >= 15 is 0 Å². The van der Waals surface area contributed by atoms with Crippen LogP contribution in [0.4, 0.5) is 0 Å². The normalized spacial score (nSPS) is 26.5. The number of nitrogens with zero attached hydrogens (tertiary/aromatic N) is 1. The Bertz CT molecular complexity index is 694. The smallest absolute Gasteiger partial charge is 0.243 e. The number of amides is 1. The van der Waals surface area contributed by atoms with E-state index in [1.807, 2.05) is 19.1 Å².